The molecule has 4 aromatic rings. The number of benzene rings is 1. The largest absolute Gasteiger partial charge is 0.465 e. The first-order valence-electron chi connectivity index (χ1n) is 11.2. The molecule has 1 unspecified atom stereocenters. The summed E-state index contributed by atoms with van der Waals surface area (Å²) in [7, 11) is 0. The predicted molar refractivity (Wildman–Crippen MR) is 131 cm³/mol. The van der Waals surface area contributed by atoms with Gasteiger partial charge in [0.25, 0.3) is 0 Å². The van der Waals surface area contributed by atoms with Gasteiger partial charge in [-0.15, -0.1) is 0 Å². The molecular formula is C23H20F3N7O3S. The molecule has 4 heterocycles. The van der Waals surface area contributed by atoms with E-state index in [9.17, 15) is 23.1 Å². The molecule has 0 spiro atoms. The van der Waals surface area contributed by atoms with Crippen molar-refractivity contribution in [1.82, 2.24) is 24.8 Å². The van der Waals surface area contributed by atoms with Crippen molar-refractivity contribution >= 4 is 38.6 Å². The Balaban J connectivity index is 1.46. The van der Waals surface area contributed by atoms with Crippen LogP contribution in [0.25, 0.3) is 21.5 Å². The maximum atomic E-state index is 13.4. The Morgan fingerprint density at radius 2 is 2.08 bits per heavy atom. The molecular weight excluding hydrogens is 511 g/mol. The maximum Gasteiger partial charge on any atom is 0.433 e. The zero-order chi connectivity index (χ0) is 26.2. The van der Waals surface area contributed by atoms with Crippen LogP contribution in [0, 0.1) is 0 Å². The van der Waals surface area contributed by atoms with Crippen LogP contribution in [0.5, 0.6) is 11.6 Å². The van der Waals surface area contributed by atoms with Gasteiger partial charge in [-0.2, -0.15) is 13.2 Å². The number of carboxylic acid groups (broad SMARTS) is 1. The second-order valence-electron chi connectivity index (χ2n) is 8.24. The Bertz CT molecular complexity index is 1460. The Morgan fingerprint density at radius 1 is 1.24 bits per heavy atom. The minimum Gasteiger partial charge on any atom is -0.465 e. The summed E-state index contributed by atoms with van der Waals surface area (Å²) in [5.41, 5.74) is 5.82. The number of pyridine rings is 1. The molecule has 0 saturated carbocycles. The SMILES string of the molecule is Nc1nc2c(Oc3cc(-c4ccc(C(F)(F)F)nc4NCC4CCCN4C(=O)O)ncn3)cccc2s1. The van der Waals surface area contributed by atoms with E-state index < -0.39 is 24.0 Å². The van der Waals surface area contributed by atoms with E-state index in [-0.39, 0.29) is 29.5 Å². The molecule has 0 radical (unpaired) electrons. The minimum absolute atomic E-state index is 0.0777. The Labute approximate surface area is 212 Å². The lowest BCUT2D eigenvalue weighted by Crippen LogP contribution is -2.38. The molecule has 5 rings (SSSR count). The van der Waals surface area contributed by atoms with Crippen molar-refractivity contribution in [2.75, 3.05) is 24.1 Å². The third-order valence-electron chi connectivity index (χ3n) is 5.84. The van der Waals surface area contributed by atoms with Gasteiger partial charge in [0, 0.05) is 24.7 Å². The first-order valence-corrected chi connectivity index (χ1v) is 12.0. The zero-order valence-electron chi connectivity index (χ0n) is 19.1. The number of alkyl halides is 3. The molecule has 0 aliphatic carbocycles. The van der Waals surface area contributed by atoms with E-state index in [2.05, 4.69) is 25.3 Å². The van der Waals surface area contributed by atoms with Gasteiger partial charge in [0.15, 0.2) is 10.9 Å². The predicted octanol–water partition coefficient (Wildman–Crippen LogP) is 5.10. The molecule has 1 aromatic carbocycles. The summed E-state index contributed by atoms with van der Waals surface area (Å²) >= 11 is 1.31. The van der Waals surface area contributed by atoms with Crippen LogP contribution in [-0.2, 0) is 6.18 Å². The van der Waals surface area contributed by atoms with Gasteiger partial charge in [-0.1, -0.05) is 17.4 Å². The summed E-state index contributed by atoms with van der Waals surface area (Å²) in [6.07, 6.45) is -3.25. The van der Waals surface area contributed by atoms with E-state index in [0.717, 1.165) is 10.8 Å². The number of likely N-dealkylation sites (tertiary alicyclic amines) is 1. The third-order valence-corrected chi connectivity index (χ3v) is 6.69. The summed E-state index contributed by atoms with van der Waals surface area (Å²) in [6.45, 7) is 0.462. The number of ether oxygens (including phenoxy) is 1. The van der Waals surface area contributed by atoms with Crippen LogP contribution in [-0.4, -0.2) is 55.2 Å². The number of anilines is 2. The fourth-order valence-corrected chi connectivity index (χ4v) is 4.90. The Hall–Kier alpha value is -4.20. The number of para-hydroxylation sites is 1. The fourth-order valence-electron chi connectivity index (χ4n) is 4.15. The number of nitrogens with zero attached hydrogens (tertiary/aromatic N) is 5. The molecule has 0 bridgehead atoms. The molecule has 3 aromatic heterocycles. The van der Waals surface area contributed by atoms with E-state index in [1.165, 1.54) is 34.7 Å². The van der Waals surface area contributed by atoms with Gasteiger partial charge in [-0.3, -0.25) is 0 Å². The van der Waals surface area contributed by atoms with Crippen molar-refractivity contribution < 1.29 is 27.8 Å². The van der Waals surface area contributed by atoms with E-state index in [1.54, 1.807) is 12.1 Å². The normalized spacial score (nSPS) is 15.8. The molecule has 192 valence electrons. The van der Waals surface area contributed by atoms with Crippen LogP contribution < -0.4 is 15.8 Å². The van der Waals surface area contributed by atoms with E-state index in [0.29, 0.717) is 35.8 Å². The number of nitrogens with one attached hydrogen (secondary N) is 1. The Kier molecular flexibility index (Phi) is 6.41. The number of nitrogen functional groups attached to an aromatic ring is 1. The standard InChI is InChI=1S/C23H20F3N7O3S/c24-23(25,26)17-7-6-13(20(31-17)28-10-12-3-2-8-33(12)22(34)35)14-9-18(30-11-29-14)36-15-4-1-5-16-19(15)32-21(27)37-16/h1,4-7,9,11-12H,2-3,8,10H2,(H2,27,32)(H,28,31)(H,34,35). The summed E-state index contributed by atoms with van der Waals surface area (Å²) in [6, 6.07) is 8.54. The summed E-state index contributed by atoms with van der Waals surface area (Å²) in [4.78, 5) is 29.1. The lowest BCUT2D eigenvalue weighted by molar-refractivity contribution is -0.141. The number of thiazole rings is 1. The number of hydrogen-bond donors (Lipinski definition) is 3. The van der Waals surface area contributed by atoms with Gasteiger partial charge in [0.2, 0.25) is 5.88 Å². The fraction of sp³-hybridized carbons (Fsp3) is 0.261. The Morgan fingerprint density at radius 3 is 2.86 bits per heavy atom. The number of carbonyl (C=O) groups is 1. The number of nitrogens with two attached hydrogens (primary N) is 1. The van der Waals surface area contributed by atoms with Gasteiger partial charge in [-0.25, -0.2) is 24.7 Å². The second kappa shape index (κ2) is 9.69. The molecule has 14 heteroatoms. The van der Waals surface area contributed by atoms with Gasteiger partial charge in [0.1, 0.15) is 23.4 Å². The van der Waals surface area contributed by atoms with E-state index in [4.69, 9.17) is 10.5 Å². The summed E-state index contributed by atoms with van der Waals surface area (Å²) in [5, 5.41) is 12.7. The van der Waals surface area contributed by atoms with Crippen LogP contribution in [0.1, 0.15) is 18.5 Å². The highest BCUT2D eigenvalue weighted by atomic mass is 32.1. The van der Waals surface area contributed by atoms with Crippen LogP contribution in [0.3, 0.4) is 0 Å². The molecule has 10 nitrogen and oxygen atoms in total. The highest BCUT2D eigenvalue weighted by Crippen LogP contribution is 2.36. The average molecular weight is 532 g/mol. The summed E-state index contributed by atoms with van der Waals surface area (Å²) in [5.74, 6) is 0.475. The number of aromatic nitrogens is 4. The topological polar surface area (TPSA) is 139 Å². The maximum absolute atomic E-state index is 13.4. The molecule has 4 N–H and O–H groups in total. The molecule has 37 heavy (non-hydrogen) atoms. The lowest BCUT2D eigenvalue weighted by Gasteiger charge is -2.23. The van der Waals surface area contributed by atoms with Crippen molar-refractivity contribution in [2.45, 2.75) is 25.1 Å². The van der Waals surface area contributed by atoms with Crippen molar-refractivity contribution in [3.05, 3.63) is 48.4 Å². The van der Waals surface area contributed by atoms with Gasteiger partial charge < -0.3 is 25.8 Å². The van der Waals surface area contributed by atoms with Gasteiger partial charge >= 0.3 is 12.3 Å². The van der Waals surface area contributed by atoms with Crippen LogP contribution in [0.4, 0.5) is 28.9 Å². The number of fused-ring (bicyclic) bond motifs is 1. The molecule has 1 amide bonds. The zero-order valence-corrected chi connectivity index (χ0v) is 19.9. The highest BCUT2D eigenvalue weighted by Gasteiger charge is 2.34. The van der Waals surface area contributed by atoms with Crippen molar-refractivity contribution in [3.63, 3.8) is 0 Å². The first kappa shape index (κ1) is 24.5. The first-order chi connectivity index (χ1) is 17.7. The highest BCUT2D eigenvalue weighted by molar-refractivity contribution is 7.22. The molecule has 1 fully saturated rings. The second-order valence-corrected chi connectivity index (χ2v) is 9.30. The number of rotatable bonds is 6. The smallest absolute Gasteiger partial charge is 0.433 e. The van der Waals surface area contributed by atoms with Crippen LogP contribution >= 0.6 is 11.3 Å². The molecule has 1 saturated heterocycles. The average Bonchev–Trinajstić information content (AvgIpc) is 3.48. The molecule has 1 atom stereocenters. The molecule has 1 aliphatic rings. The van der Waals surface area contributed by atoms with Crippen LogP contribution in [0.15, 0.2) is 42.7 Å². The minimum atomic E-state index is -4.66. The number of hydrogen-bond acceptors (Lipinski definition) is 9. The number of amides is 1. The lowest BCUT2D eigenvalue weighted by atomic mass is 10.1. The molecule has 1 aliphatic heterocycles. The number of halogens is 3. The van der Waals surface area contributed by atoms with Gasteiger partial charge in [-0.05, 0) is 37.1 Å². The van der Waals surface area contributed by atoms with E-state index >= 15 is 0 Å². The van der Waals surface area contributed by atoms with Gasteiger partial charge in [0.05, 0.1) is 16.4 Å². The van der Waals surface area contributed by atoms with Crippen molar-refractivity contribution in [1.29, 1.82) is 0 Å². The van der Waals surface area contributed by atoms with Crippen molar-refractivity contribution in [3.8, 4) is 22.9 Å². The monoisotopic (exact) mass is 531 g/mol. The summed E-state index contributed by atoms with van der Waals surface area (Å²) < 4.78 is 47.0. The van der Waals surface area contributed by atoms with Crippen LogP contribution in [0.2, 0.25) is 0 Å². The third kappa shape index (κ3) is 5.18. The quantitative estimate of drug-likeness (QED) is 0.310. The van der Waals surface area contributed by atoms with Crippen molar-refractivity contribution in [2.24, 2.45) is 0 Å². The van der Waals surface area contributed by atoms with E-state index in [1.807, 2.05) is 6.07 Å².